The van der Waals surface area contributed by atoms with Crippen LogP contribution < -0.4 is 0 Å². The van der Waals surface area contributed by atoms with Crippen molar-refractivity contribution in [3.8, 4) is 0 Å². The monoisotopic (exact) mass is 397 g/mol. The lowest BCUT2D eigenvalue weighted by Crippen LogP contribution is -2.60. The zero-order valence-electron chi connectivity index (χ0n) is 16.0. The van der Waals surface area contributed by atoms with E-state index in [0.29, 0.717) is 12.8 Å². The van der Waals surface area contributed by atoms with Gasteiger partial charge in [-0.2, -0.15) is 0 Å². The predicted molar refractivity (Wildman–Crippen MR) is 104 cm³/mol. The Balaban J connectivity index is 4.35. The molecule has 1 atom stereocenters. The molecule has 0 heterocycles. The Bertz CT molecular complexity index is 600. The molecule has 0 spiro atoms. The summed E-state index contributed by atoms with van der Waals surface area (Å²) >= 11 is 0. The lowest BCUT2D eigenvalue weighted by molar-refractivity contribution is -0.812. The lowest BCUT2D eigenvalue weighted by atomic mass is 9.97. The highest BCUT2D eigenvalue weighted by Crippen LogP contribution is 2.22. The van der Waals surface area contributed by atoms with Crippen molar-refractivity contribution in [3.05, 3.63) is 66.8 Å². The molecule has 0 aromatic carbocycles. The summed E-state index contributed by atoms with van der Waals surface area (Å²) in [4.78, 5) is 40.0. The van der Waals surface area contributed by atoms with Crippen molar-refractivity contribution >= 4 is 6.29 Å². The third-order valence-electron chi connectivity index (χ3n) is 4.13. The topological polar surface area (TPSA) is 146 Å². The van der Waals surface area contributed by atoms with Crippen molar-refractivity contribution in [1.29, 1.82) is 0 Å². The van der Waals surface area contributed by atoms with Crippen molar-refractivity contribution in [1.82, 2.24) is 0 Å². The number of carbonyl (C=O) groups excluding carboxylic acids is 1. The SMILES string of the molecule is CC/C=C/C/C=C/C/C=C/CCCCCC([N+](=O)[O-])C(C=O)([N+](=O)[O-])[N+](=O)[O-]. The maximum absolute atomic E-state index is 11.1. The van der Waals surface area contributed by atoms with Crippen LogP contribution in [0, 0.1) is 30.3 Å². The summed E-state index contributed by atoms with van der Waals surface area (Å²) < 4.78 is 0. The predicted octanol–water partition coefficient (Wildman–Crippen LogP) is 3.89. The molecule has 0 bridgehead atoms. The molecule has 0 rings (SSSR count). The van der Waals surface area contributed by atoms with E-state index < -0.39 is 39.2 Å². The largest absolute Gasteiger partial charge is 0.577 e. The molecule has 10 heteroatoms. The molecule has 10 nitrogen and oxygen atoms in total. The van der Waals surface area contributed by atoms with E-state index in [1.807, 2.05) is 18.2 Å². The molecular weight excluding hydrogens is 370 g/mol. The summed E-state index contributed by atoms with van der Waals surface area (Å²) in [5, 5.41) is 33.0. The van der Waals surface area contributed by atoms with E-state index in [1.165, 1.54) is 0 Å². The molecule has 0 amide bonds. The van der Waals surface area contributed by atoms with E-state index in [4.69, 9.17) is 0 Å². The highest BCUT2D eigenvalue weighted by molar-refractivity contribution is 5.60. The molecule has 0 radical (unpaired) electrons. The van der Waals surface area contributed by atoms with Crippen LogP contribution in [0.5, 0.6) is 0 Å². The Labute approximate surface area is 163 Å². The summed E-state index contributed by atoms with van der Waals surface area (Å²) in [6.45, 7) is 2.07. The second kappa shape index (κ2) is 14.2. The number of hydrogen-bond acceptors (Lipinski definition) is 7. The molecule has 0 N–H and O–H groups in total. The van der Waals surface area contributed by atoms with Gasteiger partial charge in [-0.1, -0.05) is 49.8 Å². The van der Waals surface area contributed by atoms with Crippen molar-refractivity contribution < 1.29 is 19.6 Å². The number of nitrogens with zero attached hydrogens (tertiary/aromatic N) is 3. The van der Waals surface area contributed by atoms with Crippen LogP contribution in [0.15, 0.2) is 36.5 Å². The first-order chi connectivity index (χ1) is 13.3. The Morgan fingerprint density at radius 1 is 0.821 bits per heavy atom. The number of carbonyl (C=O) groups is 1. The minimum Gasteiger partial charge on any atom is -0.287 e. The molecule has 28 heavy (non-hydrogen) atoms. The highest BCUT2D eigenvalue weighted by atomic mass is 16.7. The van der Waals surface area contributed by atoms with Gasteiger partial charge in [-0.3, -0.25) is 35.1 Å². The average molecular weight is 397 g/mol. The van der Waals surface area contributed by atoms with Gasteiger partial charge in [-0.15, -0.1) is 0 Å². The minimum absolute atomic E-state index is 0.181. The number of aldehydes is 1. The van der Waals surface area contributed by atoms with Crippen LogP contribution in [0.3, 0.4) is 0 Å². The molecule has 0 saturated carbocycles. The number of allylic oxidation sites excluding steroid dienone is 6. The van der Waals surface area contributed by atoms with Gasteiger partial charge in [0.25, 0.3) is 6.29 Å². The average Bonchev–Trinajstić information content (AvgIpc) is 2.63. The maximum Gasteiger partial charge on any atom is 0.577 e. The van der Waals surface area contributed by atoms with Gasteiger partial charge in [0.1, 0.15) is 9.85 Å². The highest BCUT2D eigenvalue weighted by Gasteiger charge is 2.70. The van der Waals surface area contributed by atoms with Crippen LogP contribution in [0.4, 0.5) is 0 Å². The molecule has 0 aliphatic rings. The van der Waals surface area contributed by atoms with E-state index in [0.717, 1.165) is 25.7 Å². The Morgan fingerprint density at radius 3 is 1.82 bits per heavy atom. The van der Waals surface area contributed by atoms with Gasteiger partial charge in [0.2, 0.25) is 0 Å². The van der Waals surface area contributed by atoms with Crippen LogP contribution in [-0.2, 0) is 4.79 Å². The van der Waals surface area contributed by atoms with Crippen LogP contribution in [-0.4, -0.2) is 32.8 Å². The van der Waals surface area contributed by atoms with E-state index in [-0.39, 0.29) is 6.42 Å². The van der Waals surface area contributed by atoms with E-state index in [1.54, 1.807) is 0 Å². The first-order valence-corrected chi connectivity index (χ1v) is 9.18. The van der Waals surface area contributed by atoms with Gasteiger partial charge in [-0.05, 0) is 38.5 Å². The lowest BCUT2D eigenvalue weighted by Gasteiger charge is -2.15. The molecule has 0 aromatic rings. The van der Waals surface area contributed by atoms with Gasteiger partial charge in [-0.25, -0.2) is 0 Å². The minimum atomic E-state index is -3.44. The fourth-order valence-electron chi connectivity index (χ4n) is 2.55. The zero-order valence-corrected chi connectivity index (χ0v) is 16.0. The van der Waals surface area contributed by atoms with Crippen molar-refractivity contribution in [2.45, 2.75) is 70.0 Å². The maximum atomic E-state index is 11.1. The van der Waals surface area contributed by atoms with Crippen LogP contribution in [0.25, 0.3) is 0 Å². The third-order valence-corrected chi connectivity index (χ3v) is 4.13. The smallest absolute Gasteiger partial charge is 0.287 e. The van der Waals surface area contributed by atoms with Crippen LogP contribution in [0.2, 0.25) is 0 Å². The Kier molecular flexibility index (Phi) is 12.7. The van der Waals surface area contributed by atoms with E-state index in [2.05, 4.69) is 25.2 Å². The Hall–Kier alpha value is -2.91. The number of nitro groups is 3. The normalized spacial score (nSPS) is 13.3. The molecule has 0 aromatic heterocycles. The molecule has 1 unspecified atom stereocenters. The summed E-state index contributed by atoms with van der Waals surface area (Å²) in [5.41, 5.74) is -3.44. The standard InChI is InChI=1S/C18H27N3O7/c1-2-3-4-5-6-7-8-9-10-11-12-13-14-15-17(19(23)24)18(16-22,20(25)26)21(27)28/h3-4,6-7,9-10,16-17H,2,5,8,11-15H2,1H3/b4-3+,7-6+,10-9+. The molecule has 0 fully saturated rings. The summed E-state index contributed by atoms with van der Waals surface area (Å²) in [7, 11) is 0. The molecular formula is C18H27N3O7. The third kappa shape index (κ3) is 8.19. The van der Waals surface area contributed by atoms with Gasteiger partial charge in [0.05, 0.1) is 0 Å². The van der Waals surface area contributed by atoms with E-state index >= 15 is 0 Å². The summed E-state index contributed by atoms with van der Waals surface area (Å²) in [6.07, 6.45) is 16.2. The van der Waals surface area contributed by atoms with Gasteiger partial charge >= 0.3 is 11.7 Å². The quantitative estimate of drug-likeness (QED) is 0.0958. The molecule has 0 saturated heterocycles. The fourth-order valence-corrected chi connectivity index (χ4v) is 2.55. The van der Waals surface area contributed by atoms with E-state index in [9.17, 15) is 35.1 Å². The second-order valence-corrected chi connectivity index (χ2v) is 6.15. The molecule has 0 aliphatic heterocycles. The zero-order chi connectivity index (χ0) is 21.4. The first-order valence-electron chi connectivity index (χ1n) is 9.18. The molecule has 156 valence electrons. The second-order valence-electron chi connectivity index (χ2n) is 6.15. The summed E-state index contributed by atoms with van der Waals surface area (Å²) in [6, 6.07) is -2.20. The van der Waals surface area contributed by atoms with Crippen molar-refractivity contribution in [3.63, 3.8) is 0 Å². The Morgan fingerprint density at radius 2 is 1.36 bits per heavy atom. The van der Waals surface area contributed by atoms with Gasteiger partial charge in [0, 0.05) is 11.3 Å². The summed E-state index contributed by atoms with van der Waals surface area (Å²) in [5.74, 6) is 0. The van der Waals surface area contributed by atoms with Crippen LogP contribution >= 0.6 is 0 Å². The number of hydrogen-bond donors (Lipinski definition) is 0. The van der Waals surface area contributed by atoms with Crippen molar-refractivity contribution in [2.24, 2.45) is 0 Å². The number of unbranched alkanes of at least 4 members (excludes halogenated alkanes) is 3. The fraction of sp³-hybridized carbons (Fsp3) is 0.611. The first kappa shape index (κ1) is 25.1. The van der Waals surface area contributed by atoms with Gasteiger partial charge < -0.3 is 0 Å². The number of rotatable bonds is 16. The van der Waals surface area contributed by atoms with Crippen molar-refractivity contribution in [2.75, 3.05) is 0 Å². The van der Waals surface area contributed by atoms with Crippen LogP contribution in [0.1, 0.15) is 58.3 Å². The molecule has 0 aliphatic carbocycles. The van der Waals surface area contributed by atoms with Gasteiger partial charge in [0.15, 0.2) is 0 Å².